The zero-order valence-electron chi connectivity index (χ0n) is 10.2. The summed E-state index contributed by atoms with van der Waals surface area (Å²) >= 11 is 0. The molecule has 0 radical (unpaired) electrons. The van der Waals surface area contributed by atoms with E-state index in [-0.39, 0.29) is 23.4 Å². The van der Waals surface area contributed by atoms with Crippen molar-refractivity contribution in [1.29, 1.82) is 0 Å². The van der Waals surface area contributed by atoms with Crippen molar-refractivity contribution in [3.05, 3.63) is 33.7 Å². The van der Waals surface area contributed by atoms with Crippen molar-refractivity contribution >= 4 is 11.8 Å². The Kier molecular flexibility index (Phi) is 3.45. The fourth-order valence-corrected chi connectivity index (χ4v) is 1.89. The third kappa shape index (κ3) is 2.58. The van der Waals surface area contributed by atoms with Crippen LogP contribution in [-0.4, -0.2) is 41.3 Å². The molecule has 1 aliphatic rings. The van der Waals surface area contributed by atoms with Crippen LogP contribution in [0, 0.1) is 6.92 Å². The molecular weight excluding hydrogens is 234 g/mol. The zero-order chi connectivity index (χ0) is 13.1. The fourth-order valence-electron chi connectivity index (χ4n) is 1.89. The number of aromatic nitrogens is 1. The molecule has 1 fully saturated rings. The number of aromatic amines is 1. The van der Waals surface area contributed by atoms with Crippen LogP contribution in [0.5, 0.6) is 0 Å². The number of hydrogen-bond donors (Lipinski definition) is 2. The lowest BCUT2D eigenvalue weighted by Gasteiger charge is -2.18. The molecule has 2 amide bonds. The van der Waals surface area contributed by atoms with E-state index in [0.717, 1.165) is 0 Å². The molecule has 2 N–H and O–H groups in total. The molecule has 1 aliphatic heterocycles. The molecule has 2 heterocycles. The Morgan fingerprint density at radius 3 is 2.89 bits per heavy atom. The summed E-state index contributed by atoms with van der Waals surface area (Å²) < 4.78 is 0. The predicted octanol–water partition coefficient (Wildman–Crippen LogP) is -0.355. The number of H-pyrrole nitrogens is 1. The average molecular weight is 249 g/mol. The monoisotopic (exact) mass is 249 g/mol. The normalized spacial score (nSPS) is 16.1. The van der Waals surface area contributed by atoms with E-state index in [2.05, 4.69) is 10.3 Å². The van der Waals surface area contributed by atoms with Crippen LogP contribution in [-0.2, 0) is 4.79 Å². The lowest BCUT2D eigenvalue weighted by atomic mass is 10.2. The molecule has 0 atom stereocenters. The molecule has 96 valence electrons. The van der Waals surface area contributed by atoms with Crippen LogP contribution in [0.4, 0.5) is 0 Å². The van der Waals surface area contributed by atoms with Crippen molar-refractivity contribution in [2.24, 2.45) is 0 Å². The lowest BCUT2D eigenvalue weighted by molar-refractivity contribution is -0.121. The molecule has 6 heteroatoms. The molecule has 1 aromatic rings. The summed E-state index contributed by atoms with van der Waals surface area (Å²) in [6.45, 7) is 2.79. The lowest BCUT2D eigenvalue weighted by Crippen LogP contribution is -2.39. The zero-order valence-corrected chi connectivity index (χ0v) is 10.2. The van der Waals surface area contributed by atoms with E-state index >= 15 is 0 Å². The van der Waals surface area contributed by atoms with Gasteiger partial charge in [0.2, 0.25) is 5.91 Å². The highest BCUT2D eigenvalue weighted by molar-refractivity contribution is 5.96. The van der Waals surface area contributed by atoms with Gasteiger partial charge in [-0.15, -0.1) is 0 Å². The third-order valence-electron chi connectivity index (χ3n) is 2.84. The van der Waals surface area contributed by atoms with Gasteiger partial charge in [0.05, 0.1) is 6.54 Å². The Morgan fingerprint density at radius 1 is 1.39 bits per heavy atom. The van der Waals surface area contributed by atoms with E-state index in [1.54, 1.807) is 6.92 Å². The summed E-state index contributed by atoms with van der Waals surface area (Å²) in [6.07, 6.45) is 2.10. The Labute approximate surface area is 104 Å². The van der Waals surface area contributed by atoms with Gasteiger partial charge in [0, 0.05) is 31.0 Å². The van der Waals surface area contributed by atoms with E-state index in [9.17, 15) is 14.4 Å². The molecule has 0 unspecified atom stereocenters. The highest BCUT2D eigenvalue weighted by Crippen LogP contribution is 2.03. The average Bonchev–Trinajstić information content (AvgIpc) is 2.53. The van der Waals surface area contributed by atoms with Crippen LogP contribution in [0.2, 0.25) is 0 Å². The fraction of sp³-hybridized carbons (Fsp3) is 0.417. The quantitative estimate of drug-likeness (QED) is 0.713. The summed E-state index contributed by atoms with van der Waals surface area (Å²) in [5.41, 5.74) is 0.460. The van der Waals surface area contributed by atoms with E-state index < -0.39 is 5.91 Å². The Morgan fingerprint density at radius 2 is 2.17 bits per heavy atom. The topological polar surface area (TPSA) is 82.3 Å². The number of amides is 2. The van der Waals surface area contributed by atoms with Crippen molar-refractivity contribution in [3.63, 3.8) is 0 Å². The predicted molar refractivity (Wildman–Crippen MR) is 65.3 cm³/mol. The van der Waals surface area contributed by atoms with E-state index in [1.807, 2.05) is 0 Å². The van der Waals surface area contributed by atoms with Crippen LogP contribution in [0.15, 0.2) is 17.1 Å². The number of nitrogens with zero attached hydrogens (tertiary/aromatic N) is 1. The van der Waals surface area contributed by atoms with Gasteiger partial charge < -0.3 is 15.2 Å². The van der Waals surface area contributed by atoms with Gasteiger partial charge in [-0.25, -0.2) is 0 Å². The molecule has 18 heavy (non-hydrogen) atoms. The van der Waals surface area contributed by atoms with Crippen molar-refractivity contribution in [1.82, 2.24) is 15.2 Å². The number of carbonyl (C=O) groups excluding carboxylic acids is 2. The Hall–Kier alpha value is -2.11. The Balaban J connectivity index is 2.24. The highest BCUT2D eigenvalue weighted by Gasteiger charge is 2.22. The summed E-state index contributed by atoms with van der Waals surface area (Å²) in [5, 5.41) is 2.69. The second kappa shape index (κ2) is 5.03. The van der Waals surface area contributed by atoms with Gasteiger partial charge in [-0.05, 0) is 13.3 Å². The standard InChI is InChI=1S/C12H15N3O3/c1-8-5-10(16)9(6-14-8)12(18)15-4-2-3-13-11(17)7-15/h5-6H,2-4,7H2,1H3,(H,13,17)(H,14,16). The molecule has 0 aromatic carbocycles. The molecule has 1 saturated heterocycles. The van der Waals surface area contributed by atoms with Crippen LogP contribution >= 0.6 is 0 Å². The van der Waals surface area contributed by atoms with E-state index in [1.165, 1.54) is 17.2 Å². The van der Waals surface area contributed by atoms with Crippen molar-refractivity contribution in [2.45, 2.75) is 13.3 Å². The number of aryl methyl sites for hydroxylation is 1. The number of carbonyl (C=O) groups is 2. The van der Waals surface area contributed by atoms with Crippen LogP contribution in [0.3, 0.4) is 0 Å². The third-order valence-corrected chi connectivity index (χ3v) is 2.84. The summed E-state index contributed by atoms with van der Waals surface area (Å²) in [5.74, 6) is -0.585. The van der Waals surface area contributed by atoms with Gasteiger partial charge >= 0.3 is 0 Å². The molecule has 0 saturated carbocycles. The van der Waals surface area contributed by atoms with Gasteiger partial charge in [0.1, 0.15) is 5.56 Å². The Bertz CT molecular complexity index is 536. The SMILES string of the molecule is Cc1cc(=O)c(C(=O)N2CCCNC(=O)C2)c[nH]1. The minimum atomic E-state index is -0.395. The molecule has 2 rings (SSSR count). The number of pyridine rings is 1. The van der Waals surface area contributed by atoms with Crippen LogP contribution in [0.1, 0.15) is 22.5 Å². The number of hydrogen-bond acceptors (Lipinski definition) is 3. The van der Waals surface area contributed by atoms with Crippen LogP contribution in [0.25, 0.3) is 0 Å². The number of nitrogens with one attached hydrogen (secondary N) is 2. The smallest absolute Gasteiger partial charge is 0.259 e. The molecule has 0 bridgehead atoms. The summed E-state index contributed by atoms with van der Waals surface area (Å²) in [4.78, 5) is 39.5. The van der Waals surface area contributed by atoms with E-state index in [4.69, 9.17) is 0 Å². The van der Waals surface area contributed by atoms with Gasteiger partial charge in [0.25, 0.3) is 5.91 Å². The van der Waals surface area contributed by atoms with Crippen molar-refractivity contribution in [3.8, 4) is 0 Å². The molecule has 1 aromatic heterocycles. The van der Waals surface area contributed by atoms with Gasteiger partial charge in [-0.1, -0.05) is 0 Å². The van der Waals surface area contributed by atoms with Gasteiger partial charge in [-0.3, -0.25) is 14.4 Å². The molecular formula is C12H15N3O3. The van der Waals surface area contributed by atoms with Gasteiger partial charge in [0.15, 0.2) is 5.43 Å². The second-order valence-corrected chi connectivity index (χ2v) is 4.32. The first-order chi connectivity index (χ1) is 8.58. The molecule has 0 aliphatic carbocycles. The molecule has 0 spiro atoms. The minimum absolute atomic E-state index is 0.00610. The number of rotatable bonds is 1. The summed E-state index contributed by atoms with van der Waals surface area (Å²) in [7, 11) is 0. The second-order valence-electron chi connectivity index (χ2n) is 4.32. The minimum Gasteiger partial charge on any atom is -0.364 e. The summed E-state index contributed by atoms with van der Waals surface area (Å²) in [6, 6.07) is 1.38. The van der Waals surface area contributed by atoms with Crippen LogP contribution < -0.4 is 10.7 Å². The maximum Gasteiger partial charge on any atom is 0.259 e. The maximum atomic E-state index is 12.2. The molecule has 6 nitrogen and oxygen atoms in total. The first-order valence-corrected chi connectivity index (χ1v) is 5.83. The highest BCUT2D eigenvalue weighted by atomic mass is 16.2. The van der Waals surface area contributed by atoms with Gasteiger partial charge in [-0.2, -0.15) is 0 Å². The van der Waals surface area contributed by atoms with E-state index in [0.29, 0.717) is 25.2 Å². The largest absolute Gasteiger partial charge is 0.364 e. The first kappa shape index (κ1) is 12.3. The first-order valence-electron chi connectivity index (χ1n) is 5.83. The van der Waals surface area contributed by atoms with Crippen molar-refractivity contribution < 1.29 is 9.59 Å². The van der Waals surface area contributed by atoms with Crippen molar-refractivity contribution in [2.75, 3.05) is 19.6 Å². The maximum absolute atomic E-state index is 12.2.